The largest absolute Gasteiger partial charge is 0.327 e. The molecule has 2 N–H and O–H groups in total. The molecule has 0 aliphatic carbocycles. The molecule has 0 radical (unpaired) electrons. The maximum Gasteiger partial charge on any atom is 0.0271 e. The van der Waals surface area contributed by atoms with E-state index in [0.29, 0.717) is 0 Å². The van der Waals surface area contributed by atoms with Gasteiger partial charge >= 0.3 is 0 Å². The van der Waals surface area contributed by atoms with E-state index in [4.69, 9.17) is 5.73 Å². The van der Waals surface area contributed by atoms with Crippen molar-refractivity contribution >= 4 is 0 Å². The van der Waals surface area contributed by atoms with Crippen molar-refractivity contribution in [3.8, 4) is 0 Å². The van der Waals surface area contributed by atoms with Gasteiger partial charge in [-0.3, -0.25) is 9.88 Å². The van der Waals surface area contributed by atoms with Crippen molar-refractivity contribution in [3.05, 3.63) is 30.1 Å². The topological polar surface area (TPSA) is 42.2 Å². The normalized spacial score (nSPS) is 14.0. The fraction of sp³-hybridized carbons (Fsp3) is 0.643. The van der Waals surface area contributed by atoms with Gasteiger partial charge in [0.25, 0.3) is 0 Å². The Morgan fingerprint density at radius 1 is 1.35 bits per heavy atom. The van der Waals surface area contributed by atoms with Gasteiger partial charge in [0.05, 0.1) is 0 Å². The van der Waals surface area contributed by atoms with Crippen LogP contribution in [0.25, 0.3) is 0 Å². The van der Waals surface area contributed by atoms with E-state index in [0.717, 1.165) is 19.6 Å². The molecular formula is C14H25N3. The van der Waals surface area contributed by atoms with Crippen molar-refractivity contribution in [2.75, 3.05) is 13.1 Å². The predicted molar refractivity (Wildman–Crippen MR) is 72.6 cm³/mol. The molecule has 17 heavy (non-hydrogen) atoms. The molecule has 0 saturated heterocycles. The smallest absolute Gasteiger partial charge is 0.0271 e. The Morgan fingerprint density at radius 3 is 2.41 bits per heavy atom. The molecule has 3 nitrogen and oxygen atoms in total. The van der Waals surface area contributed by atoms with Crippen molar-refractivity contribution in [1.29, 1.82) is 0 Å². The van der Waals surface area contributed by atoms with Crippen LogP contribution in [0.2, 0.25) is 0 Å². The highest BCUT2D eigenvalue weighted by atomic mass is 15.1. The van der Waals surface area contributed by atoms with Gasteiger partial charge in [-0.1, -0.05) is 20.8 Å². The zero-order valence-electron chi connectivity index (χ0n) is 11.5. The van der Waals surface area contributed by atoms with Gasteiger partial charge in [-0.25, -0.2) is 0 Å². The first-order valence-corrected chi connectivity index (χ1v) is 6.32. The Morgan fingerprint density at radius 2 is 1.94 bits per heavy atom. The lowest BCUT2D eigenvalue weighted by molar-refractivity contribution is 0.157. The minimum Gasteiger partial charge on any atom is -0.327 e. The standard InChI is InChI=1S/C14H25N3/c1-5-17(11-14(3,4)12(2)15)10-13-6-8-16-9-7-13/h6-9,12H,5,10-11,15H2,1-4H3. The van der Waals surface area contributed by atoms with Gasteiger partial charge in [-0.15, -0.1) is 0 Å². The second kappa shape index (κ2) is 6.12. The summed E-state index contributed by atoms with van der Waals surface area (Å²) in [5.74, 6) is 0. The SMILES string of the molecule is CCN(Cc1ccncc1)CC(C)(C)C(C)N. The fourth-order valence-electron chi connectivity index (χ4n) is 1.75. The monoisotopic (exact) mass is 235 g/mol. The van der Waals surface area contributed by atoms with E-state index < -0.39 is 0 Å². The Hall–Kier alpha value is -0.930. The zero-order valence-corrected chi connectivity index (χ0v) is 11.5. The summed E-state index contributed by atoms with van der Waals surface area (Å²) in [6.07, 6.45) is 3.69. The summed E-state index contributed by atoms with van der Waals surface area (Å²) < 4.78 is 0. The van der Waals surface area contributed by atoms with E-state index in [1.54, 1.807) is 0 Å². The Labute approximate surface area is 105 Å². The first-order chi connectivity index (χ1) is 7.95. The van der Waals surface area contributed by atoms with Gasteiger partial charge in [-0.2, -0.15) is 0 Å². The maximum absolute atomic E-state index is 6.03. The second-order valence-corrected chi connectivity index (χ2v) is 5.44. The molecule has 96 valence electrons. The summed E-state index contributed by atoms with van der Waals surface area (Å²) >= 11 is 0. The zero-order chi connectivity index (χ0) is 12.9. The van der Waals surface area contributed by atoms with Crippen molar-refractivity contribution in [2.45, 2.75) is 40.3 Å². The number of aromatic nitrogens is 1. The summed E-state index contributed by atoms with van der Waals surface area (Å²) in [6.45, 7) is 11.8. The molecule has 0 aliphatic rings. The first-order valence-electron chi connectivity index (χ1n) is 6.32. The molecule has 1 aromatic heterocycles. The van der Waals surface area contributed by atoms with Crippen LogP contribution in [0.1, 0.15) is 33.3 Å². The highest BCUT2D eigenvalue weighted by Crippen LogP contribution is 2.21. The third-order valence-electron chi connectivity index (χ3n) is 3.47. The van der Waals surface area contributed by atoms with Crippen LogP contribution in [0.15, 0.2) is 24.5 Å². The lowest BCUT2D eigenvalue weighted by atomic mass is 9.85. The highest BCUT2D eigenvalue weighted by Gasteiger charge is 2.25. The molecule has 1 aromatic rings. The van der Waals surface area contributed by atoms with Crippen molar-refractivity contribution in [1.82, 2.24) is 9.88 Å². The Kier molecular flexibility index (Phi) is 5.09. The van der Waals surface area contributed by atoms with Gasteiger partial charge < -0.3 is 5.73 Å². The average molecular weight is 235 g/mol. The number of hydrogen-bond donors (Lipinski definition) is 1. The number of nitrogens with two attached hydrogens (primary N) is 1. The van der Waals surface area contributed by atoms with E-state index in [2.05, 4.69) is 49.7 Å². The lowest BCUT2D eigenvalue weighted by Gasteiger charge is -2.35. The van der Waals surface area contributed by atoms with Gasteiger partial charge in [0.2, 0.25) is 0 Å². The third kappa shape index (κ3) is 4.44. The molecule has 1 rings (SSSR count). The van der Waals surface area contributed by atoms with Crippen LogP contribution in [0.3, 0.4) is 0 Å². The number of pyridine rings is 1. The van der Waals surface area contributed by atoms with Gasteiger partial charge in [0.15, 0.2) is 0 Å². The Balaban J connectivity index is 2.61. The number of hydrogen-bond acceptors (Lipinski definition) is 3. The fourth-order valence-corrected chi connectivity index (χ4v) is 1.75. The molecule has 1 atom stereocenters. The Bertz CT molecular complexity index is 319. The molecule has 0 amide bonds. The molecule has 1 unspecified atom stereocenters. The second-order valence-electron chi connectivity index (χ2n) is 5.44. The quantitative estimate of drug-likeness (QED) is 0.822. The van der Waals surface area contributed by atoms with Crippen LogP contribution in [0, 0.1) is 5.41 Å². The van der Waals surface area contributed by atoms with Crippen LogP contribution in [-0.4, -0.2) is 29.0 Å². The molecule has 0 spiro atoms. The van der Waals surface area contributed by atoms with E-state index in [1.807, 2.05) is 12.4 Å². The summed E-state index contributed by atoms with van der Waals surface area (Å²) in [4.78, 5) is 6.47. The molecule has 0 fully saturated rings. The summed E-state index contributed by atoms with van der Waals surface area (Å²) in [5.41, 5.74) is 7.48. The van der Waals surface area contributed by atoms with Crippen molar-refractivity contribution < 1.29 is 0 Å². The summed E-state index contributed by atoms with van der Waals surface area (Å²) in [6, 6.07) is 4.34. The molecule has 0 bridgehead atoms. The van der Waals surface area contributed by atoms with Crippen LogP contribution in [-0.2, 0) is 6.54 Å². The van der Waals surface area contributed by atoms with Crippen LogP contribution in [0.4, 0.5) is 0 Å². The van der Waals surface area contributed by atoms with Crippen LogP contribution in [0.5, 0.6) is 0 Å². The molecule has 0 aliphatic heterocycles. The molecule has 0 aromatic carbocycles. The highest BCUT2D eigenvalue weighted by molar-refractivity contribution is 5.09. The van der Waals surface area contributed by atoms with Crippen molar-refractivity contribution in [3.63, 3.8) is 0 Å². The first kappa shape index (κ1) is 14.1. The van der Waals surface area contributed by atoms with Crippen molar-refractivity contribution in [2.24, 2.45) is 11.1 Å². The minimum absolute atomic E-state index is 0.142. The molecule has 1 heterocycles. The summed E-state index contributed by atoms with van der Waals surface area (Å²) in [5, 5.41) is 0. The average Bonchev–Trinajstić information content (AvgIpc) is 2.29. The van der Waals surface area contributed by atoms with Gasteiger partial charge in [0.1, 0.15) is 0 Å². The van der Waals surface area contributed by atoms with E-state index in [-0.39, 0.29) is 11.5 Å². The minimum atomic E-state index is 0.142. The third-order valence-corrected chi connectivity index (χ3v) is 3.47. The van der Waals surface area contributed by atoms with Crippen LogP contribution >= 0.6 is 0 Å². The molecule has 3 heteroatoms. The number of nitrogens with zero attached hydrogens (tertiary/aromatic N) is 2. The predicted octanol–water partition coefficient (Wildman–Crippen LogP) is 2.28. The van der Waals surface area contributed by atoms with Crippen LogP contribution < -0.4 is 5.73 Å². The molecular weight excluding hydrogens is 210 g/mol. The van der Waals surface area contributed by atoms with Gasteiger partial charge in [0, 0.05) is 31.5 Å². The van der Waals surface area contributed by atoms with E-state index in [1.165, 1.54) is 5.56 Å². The van der Waals surface area contributed by atoms with E-state index in [9.17, 15) is 0 Å². The maximum atomic E-state index is 6.03. The lowest BCUT2D eigenvalue weighted by Crippen LogP contribution is -2.44. The van der Waals surface area contributed by atoms with E-state index >= 15 is 0 Å². The summed E-state index contributed by atoms with van der Waals surface area (Å²) in [7, 11) is 0. The van der Waals surface area contributed by atoms with Gasteiger partial charge in [-0.05, 0) is 36.6 Å². The molecule has 0 saturated carbocycles. The number of rotatable bonds is 6.